The Morgan fingerprint density at radius 1 is 1.33 bits per heavy atom. The van der Waals surface area contributed by atoms with Crippen LogP contribution >= 0.6 is 22.9 Å². The van der Waals surface area contributed by atoms with Gasteiger partial charge in [0.15, 0.2) is 0 Å². The molecule has 0 bridgehead atoms. The lowest BCUT2D eigenvalue weighted by Crippen LogP contribution is -2.04. The van der Waals surface area contributed by atoms with Crippen molar-refractivity contribution in [1.29, 1.82) is 0 Å². The van der Waals surface area contributed by atoms with Crippen molar-refractivity contribution in [2.24, 2.45) is 0 Å². The van der Waals surface area contributed by atoms with Gasteiger partial charge in [0.1, 0.15) is 0 Å². The number of thiophene rings is 1. The van der Waals surface area contributed by atoms with Crippen molar-refractivity contribution in [3.8, 4) is 5.69 Å². The number of aromatic nitrogens is 2. The van der Waals surface area contributed by atoms with Crippen molar-refractivity contribution in [2.45, 2.75) is 20.4 Å². The maximum atomic E-state index is 6.35. The molecular formula is C16H16ClN3S. The third kappa shape index (κ3) is 2.96. The van der Waals surface area contributed by atoms with Crippen LogP contribution in [0.25, 0.3) is 5.69 Å². The Labute approximate surface area is 133 Å². The first kappa shape index (κ1) is 14.2. The van der Waals surface area contributed by atoms with Crippen LogP contribution < -0.4 is 5.32 Å². The summed E-state index contributed by atoms with van der Waals surface area (Å²) in [7, 11) is 0. The van der Waals surface area contributed by atoms with E-state index in [2.05, 4.69) is 30.2 Å². The van der Waals surface area contributed by atoms with Crippen molar-refractivity contribution in [3.05, 3.63) is 63.3 Å². The fraction of sp³-hybridized carbons (Fsp3) is 0.188. The smallest absolute Gasteiger partial charge is 0.0992 e. The second-order valence-electron chi connectivity index (χ2n) is 4.90. The van der Waals surface area contributed by atoms with Gasteiger partial charge in [0.05, 0.1) is 22.7 Å². The van der Waals surface area contributed by atoms with E-state index in [1.807, 2.05) is 40.3 Å². The van der Waals surface area contributed by atoms with Gasteiger partial charge in [-0.3, -0.25) is 0 Å². The van der Waals surface area contributed by atoms with E-state index in [0.29, 0.717) is 5.02 Å². The first-order chi connectivity index (χ1) is 10.1. The van der Waals surface area contributed by atoms with Crippen LogP contribution in [0, 0.1) is 13.8 Å². The Balaban J connectivity index is 1.89. The molecule has 1 aromatic carbocycles. The Kier molecular flexibility index (Phi) is 3.99. The van der Waals surface area contributed by atoms with Crippen molar-refractivity contribution in [1.82, 2.24) is 9.55 Å². The van der Waals surface area contributed by atoms with Crippen LogP contribution in [0.3, 0.4) is 0 Å². The first-order valence-electron chi connectivity index (χ1n) is 6.72. The highest BCUT2D eigenvalue weighted by Crippen LogP contribution is 2.29. The molecule has 0 aliphatic rings. The third-order valence-electron chi connectivity index (χ3n) is 3.36. The normalized spacial score (nSPS) is 10.8. The predicted octanol–water partition coefficient (Wildman–Crippen LogP) is 4.82. The number of rotatable bonds is 4. The number of aryl methyl sites for hydroxylation is 2. The van der Waals surface area contributed by atoms with Crippen molar-refractivity contribution in [3.63, 3.8) is 0 Å². The highest BCUT2D eigenvalue weighted by Gasteiger charge is 2.10. The predicted molar refractivity (Wildman–Crippen MR) is 89.7 cm³/mol. The summed E-state index contributed by atoms with van der Waals surface area (Å²) in [6.07, 6.45) is 5.40. The topological polar surface area (TPSA) is 29.9 Å². The largest absolute Gasteiger partial charge is 0.379 e. The molecule has 3 aromatic rings. The lowest BCUT2D eigenvalue weighted by atomic mass is 10.2. The molecule has 2 aromatic heterocycles. The van der Waals surface area contributed by atoms with E-state index in [0.717, 1.165) is 17.9 Å². The summed E-state index contributed by atoms with van der Waals surface area (Å²) < 4.78 is 1.93. The number of nitrogens with zero attached hydrogens (tertiary/aromatic N) is 2. The quantitative estimate of drug-likeness (QED) is 0.748. The number of imidazole rings is 1. The molecule has 0 radical (unpaired) electrons. The van der Waals surface area contributed by atoms with Crippen LogP contribution in [-0.4, -0.2) is 9.55 Å². The van der Waals surface area contributed by atoms with Crippen LogP contribution in [-0.2, 0) is 6.54 Å². The second-order valence-corrected chi connectivity index (χ2v) is 6.77. The van der Waals surface area contributed by atoms with Crippen LogP contribution in [0.1, 0.15) is 15.3 Å². The summed E-state index contributed by atoms with van der Waals surface area (Å²) in [5.74, 6) is 0. The van der Waals surface area contributed by atoms with Gasteiger partial charge in [0.2, 0.25) is 0 Å². The molecule has 108 valence electrons. The van der Waals surface area contributed by atoms with Gasteiger partial charge in [-0.25, -0.2) is 4.98 Å². The van der Waals surface area contributed by atoms with Gasteiger partial charge in [-0.1, -0.05) is 17.7 Å². The van der Waals surface area contributed by atoms with Crippen LogP contribution in [0.4, 0.5) is 5.69 Å². The molecule has 3 nitrogen and oxygen atoms in total. The molecule has 0 saturated heterocycles. The third-order valence-corrected chi connectivity index (χ3v) is 4.68. The summed E-state index contributed by atoms with van der Waals surface area (Å²) in [4.78, 5) is 6.79. The van der Waals surface area contributed by atoms with Crippen molar-refractivity contribution < 1.29 is 0 Å². The summed E-state index contributed by atoms with van der Waals surface area (Å²) in [5.41, 5.74) is 3.26. The van der Waals surface area contributed by atoms with Gasteiger partial charge in [0.25, 0.3) is 0 Å². The van der Waals surface area contributed by atoms with Crippen LogP contribution in [0.5, 0.6) is 0 Å². The average molecular weight is 318 g/mol. The average Bonchev–Trinajstić information content (AvgIpc) is 3.06. The highest BCUT2D eigenvalue weighted by atomic mass is 35.5. The van der Waals surface area contributed by atoms with Gasteiger partial charge in [-0.05, 0) is 37.6 Å². The molecule has 0 amide bonds. The molecule has 0 saturated carbocycles. The fourth-order valence-corrected chi connectivity index (χ4v) is 3.58. The molecule has 0 atom stereocenters. The van der Waals surface area contributed by atoms with Gasteiger partial charge in [0, 0.05) is 28.7 Å². The van der Waals surface area contributed by atoms with Gasteiger partial charge in [-0.15, -0.1) is 11.3 Å². The lowest BCUT2D eigenvalue weighted by molar-refractivity contribution is 1.04. The molecular weight excluding hydrogens is 302 g/mol. The fourth-order valence-electron chi connectivity index (χ4n) is 2.36. The molecule has 1 N–H and O–H groups in total. The summed E-state index contributed by atoms with van der Waals surface area (Å²) in [5, 5.41) is 4.19. The minimum atomic E-state index is 0.705. The van der Waals surface area contributed by atoms with E-state index in [1.165, 1.54) is 15.3 Å². The Bertz CT molecular complexity index is 747. The minimum absolute atomic E-state index is 0.705. The number of hydrogen-bond donors (Lipinski definition) is 1. The van der Waals surface area contributed by atoms with Crippen LogP contribution in [0.15, 0.2) is 43.0 Å². The summed E-state index contributed by atoms with van der Waals surface area (Å²) >= 11 is 8.18. The zero-order valence-corrected chi connectivity index (χ0v) is 13.5. The molecule has 5 heteroatoms. The van der Waals surface area contributed by atoms with Crippen molar-refractivity contribution >= 4 is 28.6 Å². The molecule has 0 aliphatic carbocycles. The van der Waals surface area contributed by atoms with E-state index >= 15 is 0 Å². The molecule has 0 unspecified atom stereocenters. The van der Waals surface area contributed by atoms with Gasteiger partial charge >= 0.3 is 0 Å². The summed E-state index contributed by atoms with van der Waals surface area (Å²) in [6.45, 7) is 5.08. The van der Waals surface area contributed by atoms with Crippen LogP contribution in [0.2, 0.25) is 5.02 Å². The zero-order chi connectivity index (χ0) is 14.8. The Morgan fingerprint density at radius 3 is 2.86 bits per heavy atom. The number of para-hydroxylation sites is 1. The Morgan fingerprint density at radius 2 is 2.19 bits per heavy atom. The SMILES string of the molecule is Cc1cc(CNc2cccc(Cl)c2-n2ccnc2)c(C)s1. The molecule has 0 aliphatic heterocycles. The van der Waals surface area contributed by atoms with E-state index < -0.39 is 0 Å². The molecule has 3 rings (SSSR count). The van der Waals surface area contributed by atoms with Gasteiger partial charge in [-0.2, -0.15) is 0 Å². The zero-order valence-electron chi connectivity index (χ0n) is 11.9. The second kappa shape index (κ2) is 5.92. The number of anilines is 1. The standard InChI is InChI=1S/C16H16ClN3S/c1-11-8-13(12(2)21-11)9-19-15-5-3-4-14(17)16(15)20-7-6-18-10-20/h3-8,10,19H,9H2,1-2H3. The molecule has 2 heterocycles. The molecule has 0 fully saturated rings. The number of halogens is 1. The highest BCUT2D eigenvalue weighted by molar-refractivity contribution is 7.12. The van der Waals surface area contributed by atoms with E-state index in [4.69, 9.17) is 11.6 Å². The van der Waals surface area contributed by atoms with Crippen molar-refractivity contribution in [2.75, 3.05) is 5.32 Å². The molecule has 21 heavy (non-hydrogen) atoms. The monoisotopic (exact) mass is 317 g/mol. The van der Waals surface area contributed by atoms with Gasteiger partial charge < -0.3 is 9.88 Å². The number of benzene rings is 1. The summed E-state index contributed by atoms with van der Waals surface area (Å²) in [6, 6.07) is 8.11. The first-order valence-corrected chi connectivity index (χ1v) is 7.91. The maximum Gasteiger partial charge on any atom is 0.0992 e. The lowest BCUT2D eigenvalue weighted by Gasteiger charge is -2.14. The maximum absolute atomic E-state index is 6.35. The number of nitrogens with one attached hydrogen (secondary N) is 1. The molecule has 0 spiro atoms. The van der Waals surface area contributed by atoms with E-state index in [-0.39, 0.29) is 0 Å². The Hall–Kier alpha value is -1.78. The van der Waals surface area contributed by atoms with E-state index in [9.17, 15) is 0 Å². The number of hydrogen-bond acceptors (Lipinski definition) is 3. The van der Waals surface area contributed by atoms with E-state index in [1.54, 1.807) is 12.5 Å². The minimum Gasteiger partial charge on any atom is -0.379 e.